The molecule has 4 aromatic carbocycles. The maximum atomic E-state index is 16.8. The van der Waals surface area contributed by atoms with Gasteiger partial charge in [-0.15, -0.1) is 68.0 Å². The zero-order valence-electron chi connectivity index (χ0n) is 56.2. The van der Waals surface area contributed by atoms with Crippen molar-refractivity contribution in [3.63, 3.8) is 0 Å². The van der Waals surface area contributed by atoms with Crippen LogP contribution in [0, 0.1) is 49.2 Å². The Kier molecular flexibility index (Phi) is 22.5. The van der Waals surface area contributed by atoms with Crippen molar-refractivity contribution in [3.8, 4) is 73.1 Å². The Bertz CT molecular complexity index is 4490. The number of aromatic nitrogens is 6. The Morgan fingerprint density at radius 3 is 1.22 bits per heavy atom. The molecule has 12 aromatic rings. The minimum atomic E-state index is -0.479. The summed E-state index contributed by atoms with van der Waals surface area (Å²) in [4.78, 5) is 14.2. The van der Waals surface area contributed by atoms with Crippen LogP contribution in [0.15, 0.2) is 84.9 Å². The molecule has 94 heavy (non-hydrogen) atoms. The second kappa shape index (κ2) is 30.7. The number of hydrogen-bond acceptors (Lipinski definition) is 10. The molecule has 0 saturated heterocycles. The lowest BCUT2D eigenvalue weighted by Crippen LogP contribution is -2.12. The maximum Gasteiger partial charge on any atom is 0.132 e. The average molecular weight is 1410 g/mol. The predicted octanol–water partition coefficient (Wildman–Crippen LogP) is 27.7. The number of nitrogens with zero attached hydrogens (tertiary/aromatic N) is 6. The van der Waals surface area contributed by atoms with E-state index in [1.54, 1.807) is 0 Å². The van der Waals surface area contributed by atoms with Gasteiger partial charge in [0.15, 0.2) is 0 Å². The van der Waals surface area contributed by atoms with Crippen molar-refractivity contribution in [3.05, 3.63) is 127 Å². The van der Waals surface area contributed by atoms with E-state index in [0.29, 0.717) is 40.0 Å². The normalized spacial score (nSPS) is 13.5. The van der Waals surface area contributed by atoms with E-state index < -0.39 is 11.6 Å². The molecule has 0 radical (unpaired) electrons. The average Bonchev–Trinajstić information content (AvgIpc) is 1.55. The Labute approximate surface area is 588 Å². The molecule has 0 aliphatic rings. The first kappa shape index (κ1) is 68.8. The summed E-state index contributed by atoms with van der Waals surface area (Å²) in [5, 5.41) is 25.0. The Morgan fingerprint density at radius 2 is 0.777 bits per heavy atom. The Hall–Kier alpha value is -5.16. The number of fused-ring (bicyclic) bond motifs is 4. The van der Waals surface area contributed by atoms with Crippen molar-refractivity contribution in [2.75, 3.05) is 0 Å². The van der Waals surface area contributed by atoms with Gasteiger partial charge in [0.05, 0.1) is 23.1 Å². The lowest BCUT2D eigenvalue weighted by molar-refractivity contribution is 0.351. The fourth-order valence-corrected chi connectivity index (χ4v) is 21.5. The van der Waals surface area contributed by atoms with Crippen LogP contribution in [0.25, 0.3) is 115 Å². The van der Waals surface area contributed by atoms with Gasteiger partial charge in [-0.1, -0.05) is 193 Å². The molecule has 0 amide bonds. The van der Waals surface area contributed by atoms with E-state index in [9.17, 15) is 0 Å². The maximum absolute atomic E-state index is 16.8. The Balaban J connectivity index is 0.942. The summed E-state index contributed by atoms with van der Waals surface area (Å²) in [6.07, 6.45) is 20.5. The highest BCUT2D eigenvalue weighted by atomic mass is 35.5. The molecule has 4 unspecified atom stereocenters. The summed E-state index contributed by atoms with van der Waals surface area (Å²) < 4.78 is 36.1. The summed E-state index contributed by atoms with van der Waals surface area (Å²) in [7, 11) is 0. The lowest BCUT2D eigenvalue weighted by Gasteiger charge is -2.13. The first-order chi connectivity index (χ1) is 45.6. The molecule has 0 bridgehead atoms. The van der Waals surface area contributed by atoms with Crippen molar-refractivity contribution in [1.82, 2.24) is 30.0 Å². The van der Waals surface area contributed by atoms with Gasteiger partial charge in [0.25, 0.3) is 0 Å². The van der Waals surface area contributed by atoms with Crippen LogP contribution in [0.1, 0.15) is 178 Å². The fraction of sp³-hybridized carbons (Fsp3) is 0.436. The van der Waals surface area contributed by atoms with Gasteiger partial charge in [0.2, 0.25) is 0 Å². The number of thiophene rings is 6. The topological polar surface area (TPSA) is 61.4 Å². The molecule has 12 rings (SSSR count). The van der Waals surface area contributed by atoms with Crippen molar-refractivity contribution < 1.29 is 8.78 Å². The van der Waals surface area contributed by atoms with Crippen LogP contribution >= 0.6 is 91.2 Å². The number of unbranched alkanes of at least 4 members (excludes halogenated alkanes) is 4. The highest BCUT2D eigenvalue weighted by Gasteiger charge is 2.29. The van der Waals surface area contributed by atoms with Crippen molar-refractivity contribution in [2.24, 2.45) is 23.7 Å². The monoisotopic (exact) mass is 1410 g/mol. The van der Waals surface area contributed by atoms with Crippen LogP contribution in [-0.2, 0) is 25.9 Å². The summed E-state index contributed by atoms with van der Waals surface area (Å²) in [5.74, 6) is 1.14. The third-order valence-electron chi connectivity index (χ3n) is 19.5. The number of benzene rings is 4. The molecule has 0 N–H and O–H groups in total. The van der Waals surface area contributed by atoms with Gasteiger partial charge in [-0.05, 0) is 129 Å². The minimum absolute atomic E-state index is 0.224. The molecule has 4 atom stereocenters. The molecule has 16 heteroatoms. The van der Waals surface area contributed by atoms with E-state index in [0.717, 1.165) is 140 Å². The minimum Gasteiger partial charge on any atom is -0.206 e. The van der Waals surface area contributed by atoms with Gasteiger partial charge in [-0.25, -0.2) is 8.78 Å². The zero-order valence-corrected chi connectivity index (χ0v) is 62.6. The smallest absolute Gasteiger partial charge is 0.132 e. The SMILES string of the molecule is CCCCC(CC)Cc1sc(-c2c3cc(-c4ccc(-c5ccc(-c6cc(F)c(-c7ccc(-c8ccc(C)c9nn(CC(CC)CCCC)nc89)s7)cc6F)s5)c5nn(CC(CC)CCCC)nc45)sc3c(-c3cc(Cl)c(CC(CC)CCCC)s3)c3cc(C)sc23)cc1Cl. The third-order valence-corrected chi connectivity index (χ3v) is 27.3. The van der Waals surface area contributed by atoms with Crippen LogP contribution in [0.4, 0.5) is 8.78 Å². The van der Waals surface area contributed by atoms with E-state index in [4.69, 9.17) is 43.6 Å². The van der Waals surface area contributed by atoms with Crippen molar-refractivity contribution in [2.45, 2.75) is 198 Å². The zero-order chi connectivity index (χ0) is 65.9. The quantitative estimate of drug-likeness (QED) is 0.0434. The predicted molar refractivity (Wildman–Crippen MR) is 409 cm³/mol. The molecule has 0 aliphatic carbocycles. The lowest BCUT2D eigenvalue weighted by atomic mass is 9.95. The van der Waals surface area contributed by atoms with Crippen LogP contribution in [0.5, 0.6) is 0 Å². The molecule has 8 aromatic heterocycles. The van der Waals surface area contributed by atoms with Crippen LogP contribution in [-0.4, -0.2) is 30.0 Å². The molecular weight excluding hydrogens is 1320 g/mol. The Morgan fingerprint density at radius 1 is 0.394 bits per heavy atom. The van der Waals surface area contributed by atoms with Crippen LogP contribution < -0.4 is 0 Å². The van der Waals surface area contributed by atoms with Gasteiger partial charge in [0.1, 0.15) is 33.7 Å². The highest BCUT2D eigenvalue weighted by Crippen LogP contribution is 2.55. The van der Waals surface area contributed by atoms with E-state index >= 15 is 8.78 Å². The second-order valence-electron chi connectivity index (χ2n) is 26.2. The summed E-state index contributed by atoms with van der Waals surface area (Å²) in [5.41, 5.74) is 10.2. The van der Waals surface area contributed by atoms with E-state index in [1.807, 2.05) is 79.2 Å². The standard InChI is InChI=1S/C78H88Cl2F2N6S6/c1-11-19-23-47(15-5)36-67-58(79)41-69(92-67)71-56-35-46(10)89-77(56)72(70-42-59(80)68(93-70)37-48(16-6)24-20-12-2)57-40-66(94-78(57)71)53-30-29-52(75-76(53)86-88(85-75)44-50(18-8)26-22-14-4)63-32-34-65(91-63)55-39-60(81)54(38-61(55)82)64-33-31-62(90-64)51-28-27-45(9)73-74(51)84-87(83-73)43-49(17-7)25-21-13-3/h27-35,38-42,47-50H,11-26,36-37,43-44H2,1-10H3. The van der Waals surface area contributed by atoms with E-state index in [2.05, 4.69) is 118 Å². The number of halogens is 4. The fourth-order valence-electron chi connectivity index (χ4n) is 13.7. The van der Waals surface area contributed by atoms with E-state index in [-0.39, 0.29) is 11.1 Å². The summed E-state index contributed by atoms with van der Waals surface area (Å²) in [6.45, 7) is 24.0. The number of aryl methyl sites for hydroxylation is 2. The first-order valence-corrected chi connectivity index (χ1v) is 40.3. The van der Waals surface area contributed by atoms with Gasteiger partial charge in [-0.3, -0.25) is 0 Å². The first-order valence-electron chi connectivity index (χ1n) is 34.7. The van der Waals surface area contributed by atoms with Crippen LogP contribution in [0.2, 0.25) is 10.0 Å². The highest BCUT2D eigenvalue weighted by molar-refractivity contribution is 7.25. The molecule has 0 saturated carbocycles. The van der Waals surface area contributed by atoms with E-state index in [1.165, 1.54) is 142 Å². The molecule has 0 spiro atoms. The van der Waals surface area contributed by atoms with Crippen LogP contribution in [0.3, 0.4) is 0 Å². The molecule has 8 heterocycles. The molecular formula is C78H88Cl2F2N6S6. The second-order valence-corrected chi connectivity index (χ2v) is 33.7. The molecule has 494 valence electrons. The van der Waals surface area contributed by atoms with Gasteiger partial charge in [0, 0.05) is 108 Å². The third kappa shape index (κ3) is 14.4. The summed E-state index contributed by atoms with van der Waals surface area (Å²) >= 11 is 25.1. The van der Waals surface area contributed by atoms with Gasteiger partial charge >= 0.3 is 0 Å². The van der Waals surface area contributed by atoms with Crippen molar-refractivity contribution >= 4 is 133 Å². The number of rotatable bonds is 31. The van der Waals surface area contributed by atoms with Gasteiger partial charge in [-0.2, -0.15) is 30.0 Å². The van der Waals surface area contributed by atoms with Crippen molar-refractivity contribution in [1.29, 1.82) is 0 Å². The van der Waals surface area contributed by atoms with Gasteiger partial charge < -0.3 is 0 Å². The molecule has 0 fully saturated rings. The summed E-state index contributed by atoms with van der Waals surface area (Å²) in [6, 6.07) is 28.4. The number of hydrogen-bond donors (Lipinski definition) is 0. The molecule has 0 aliphatic heterocycles. The molecule has 6 nitrogen and oxygen atoms in total. The largest absolute Gasteiger partial charge is 0.206 e.